The molecule has 0 spiro atoms. The maximum Gasteiger partial charge on any atom is 0.255 e. The summed E-state index contributed by atoms with van der Waals surface area (Å²) in [5, 5.41) is 3.18. The average Bonchev–Trinajstić information content (AvgIpc) is 2.37. The highest BCUT2D eigenvalue weighted by molar-refractivity contribution is 7.80. The first-order chi connectivity index (χ1) is 9.88. The van der Waals surface area contributed by atoms with E-state index in [2.05, 4.69) is 5.32 Å². The van der Waals surface area contributed by atoms with Gasteiger partial charge in [-0.25, -0.2) is 4.39 Å². The lowest BCUT2D eigenvalue weighted by Crippen LogP contribution is -2.19. The summed E-state index contributed by atoms with van der Waals surface area (Å²) < 4.78 is 13.7. The van der Waals surface area contributed by atoms with Crippen molar-refractivity contribution in [3.8, 4) is 0 Å². The number of carbonyl (C=O) groups is 1. The summed E-state index contributed by atoms with van der Waals surface area (Å²) in [5.41, 5.74) is 5.88. The predicted molar refractivity (Wildman–Crippen MR) is 86.7 cm³/mol. The van der Waals surface area contributed by atoms with Gasteiger partial charge in [0.15, 0.2) is 0 Å². The minimum absolute atomic E-state index is 0.0195. The third kappa shape index (κ3) is 3.69. The van der Waals surface area contributed by atoms with Crippen LogP contribution in [0.1, 0.15) is 15.9 Å². The van der Waals surface area contributed by atoms with Crippen molar-refractivity contribution in [2.45, 2.75) is 0 Å². The molecule has 0 fully saturated rings. The Bertz CT molecular complexity index is 717. The van der Waals surface area contributed by atoms with Crippen molar-refractivity contribution >= 4 is 52.0 Å². The van der Waals surface area contributed by atoms with Crippen molar-refractivity contribution in [3.63, 3.8) is 0 Å². The molecule has 0 unspecified atom stereocenters. The van der Waals surface area contributed by atoms with Gasteiger partial charge >= 0.3 is 0 Å². The molecule has 2 aromatic rings. The van der Waals surface area contributed by atoms with Crippen LogP contribution in [0.3, 0.4) is 0 Å². The number of amides is 1. The zero-order chi connectivity index (χ0) is 15.6. The summed E-state index contributed by atoms with van der Waals surface area (Å²) in [5.74, 6) is -1.10. The fourth-order valence-corrected chi connectivity index (χ4v) is 2.49. The van der Waals surface area contributed by atoms with Gasteiger partial charge in [-0.15, -0.1) is 0 Å². The van der Waals surface area contributed by atoms with E-state index in [9.17, 15) is 9.18 Å². The van der Waals surface area contributed by atoms with E-state index in [1.54, 1.807) is 0 Å². The van der Waals surface area contributed by atoms with Gasteiger partial charge in [-0.05, 0) is 30.3 Å². The first kappa shape index (κ1) is 15.7. The number of hydrogen-bond acceptors (Lipinski definition) is 2. The van der Waals surface area contributed by atoms with Crippen molar-refractivity contribution in [2.75, 3.05) is 5.32 Å². The van der Waals surface area contributed by atoms with Gasteiger partial charge in [0.05, 0.1) is 11.3 Å². The minimum Gasteiger partial charge on any atom is -0.389 e. The predicted octanol–water partition coefficient (Wildman–Crippen LogP) is 4.02. The van der Waals surface area contributed by atoms with Gasteiger partial charge in [0.1, 0.15) is 10.8 Å². The van der Waals surface area contributed by atoms with E-state index in [0.29, 0.717) is 10.0 Å². The average molecular weight is 343 g/mol. The maximum absolute atomic E-state index is 13.7. The van der Waals surface area contributed by atoms with Gasteiger partial charge in [-0.3, -0.25) is 4.79 Å². The lowest BCUT2D eigenvalue weighted by Gasteiger charge is -2.11. The summed E-state index contributed by atoms with van der Waals surface area (Å²) in [6.07, 6.45) is 0. The fraction of sp³-hybridized carbons (Fsp3) is 0. The molecule has 21 heavy (non-hydrogen) atoms. The lowest BCUT2D eigenvalue weighted by atomic mass is 10.1. The first-order valence-electron chi connectivity index (χ1n) is 5.74. The van der Waals surface area contributed by atoms with Gasteiger partial charge in [0.25, 0.3) is 5.91 Å². The van der Waals surface area contributed by atoms with Crippen LogP contribution in [0.2, 0.25) is 10.0 Å². The van der Waals surface area contributed by atoms with Crippen molar-refractivity contribution < 1.29 is 9.18 Å². The van der Waals surface area contributed by atoms with E-state index in [4.69, 9.17) is 41.2 Å². The van der Waals surface area contributed by atoms with Crippen molar-refractivity contribution in [1.82, 2.24) is 0 Å². The van der Waals surface area contributed by atoms with E-state index in [1.807, 2.05) is 0 Å². The van der Waals surface area contributed by atoms with E-state index < -0.39 is 11.7 Å². The second-order valence-corrected chi connectivity index (χ2v) is 5.45. The second kappa shape index (κ2) is 6.39. The molecule has 2 aromatic carbocycles. The molecule has 7 heteroatoms. The highest BCUT2D eigenvalue weighted by Gasteiger charge is 2.15. The standard InChI is InChI=1S/C14H9Cl2FN2OS/c15-8-4-7(5-9(16)6-8)14(20)19-11-3-1-2-10(17)12(11)13(18)21/h1-6H,(H2,18,21)(H,19,20). The van der Waals surface area contributed by atoms with Crippen LogP contribution in [-0.4, -0.2) is 10.9 Å². The summed E-state index contributed by atoms with van der Waals surface area (Å²) in [7, 11) is 0. The van der Waals surface area contributed by atoms with Crippen LogP contribution < -0.4 is 11.1 Å². The van der Waals surface area contributed by atoms with E-state index in [1.165, 1.54) is 36.4 Å². The maximum atomic E-state index is 13.7. The number of nitrogens with one attached hydrogen (secondary N) is 1. The quantitative estimate of drug-likeness (QED) is 0.828. The summed E-state index contributed by atoms with van der Waals surface area (Å²) in [6, 6.07) is 8.55. The van der Waals surface area contributed by atoms with Gasteiger partial charge < -0.3 is 11.1 Å². The molecule has 3 N–H and O–H groups in total. The zero-order valence-corrected chi connectivity index (χ0v) is 12.8. The highest BCUT2D eigenvalue weighted by atomic mass is 35.5. The Morgan fingerprint density at radius 2 is 1.81 bits per heavy atom. The molecule has 0 saturated carbocycles. The summed E-state index contributed by atoms with van der Waals surface area (Å²) in [6.45, 7) is 0. The molecule has 0 bridgehead atoms. The number of nitrogens with two attached hydrogens (primary N) is 1. The Hall–Kier alpha value is -1.69. The van der Waals surface area contributed by atoms with Crippen LogP contribution in [0.15, 0.2) is 36.4 Å². The molecule has 0 aliphatic heterocycles. The Balaban J connectivity index is 2.36. The molecule has 0 saturated heterocycles. The number of halogens is 3. The number of anilines is 1. The molecule has 0 atom stereocenters. The molecular formula is C14H9Cl2FN2OS. The van der Waals surface area contributed by atoms with Crippen LogP contribution in [0.5, 0.6) is 0 Å². The molecule has 0 aliphatic rings. The smallest absolute Gasteiger partial charge is 0.255 e. The first-order valence-corrected chi connectivity index (χ1v) is 6.90. The molecule has 1 amide bonds. The number of rotatable bonds is 3. The number of benzene rings is 2. The van der Waals surface area contributed by atoms with Crippen molar-refractivity contribution in [1.29, 1.82) is 0 Å². The van der Waals surface area contributed by atoms with Crippen molar-refractivity contribution in [3.05, 3.63) is 63.4 Å². The normalized spacial score (nSPS) is 10.2. The third-order valence-electron chi connectivity index (χ3n) is 2.63. The Kier molecular flexibility index (Phi) is 4.77. The molecule has 3 nitrogen and oxygen atoms in total. The second-order valence-electron chi connectivity index (χ2n) is 4.14. The molecule has 0 heterocycles. The minimum atomic E-state index is -0.607. The van der Waals surface area contributed by atoms with Crippen LogP contribution in [-0.2, 0) is 0 Å². The zero-order valence-electron chi connectivity index (χ0n) is 10.5. The molecule has 0 aromatic heterocycles. The largest absolute Gasteiger partial charge is 0.389 e. The molecule has 0 aliphatic carbocycles. The topological polar surface area (TPSA) is 55.1 Å². The Labute approximate surface area is 135 Å². The van der Waals surface area contributed by atoms with Gasteiger partial charge in [-0.1, -0.05) is 41.5 Å². The SMILES string of the molecule is NC(=S)c1c(F)cccc1NC(=O)c1cc(Cl)cc(Cl)c1. The van der Waals surface area contributed by atoms with Gasteiger partial charge in [0.2, 0.25) is 0 Å². The highest BCUT2D eigenvalue weighted by Crippen LogP contribution is 2.22. The number of thiocarbonyl (C=S) groups is 1. The Morgan fingerprint density at radius 1 is 1.19 bits per heavy atom. The van der Waals surface area contributed by atoms with Crippen LogP contribution in [0, 0.1) is 5.82 Å². The van der Waals surface area contributed by atoms with Gasteiger partial charge in [0, 0.05) is 15.6 Å². The lowest BCUT2D eigenvalue weighted by molar-refractivity contribution is 0.102. The van der Waals surface area contributed by atoms with Crippen LogP contribution in [0.4, 0.5) is 10.1 Å². The fourth-order valence-electron chi connectivity index (χ4n) is 1.76. The monoisotopic (exact) mass is 342 g/mol. The Morgan fingerprint density at radius 3 is 2.38 bits per heavy atom. The van der Waals surface area contributed by atoms with Crippen molar-refractivity contribution in [2.24, 2.45) is 5.73 Å². The molecular weight excluding hydrogens is 334 g/mol. The van der Waals surface area contributed by atoms with E-state index >= 15 is 0 Å². The molecule has 2 rings (SSSR count). The van der Waals surface area contributed by atoms with Crippen LogP contribution >= 0.6 is 35.4 Å². The van der Waals surface area contributed by atoms with E-state index in [0.717, 1.165) is 0 Å². The third-order valence-corrected chi connectivity index (χ3v) is 3.27. The number of hydrogen-bond donors (Lipinski definition) is 2. The summed E-state index contributed by atoms with van der Waals surface area (Å²) in [4.78, 5) is 12.0. The van der Waals surface area contributed by atoms with Crippen LogP contribution in [0.25, 0.3) is 0 Å². The summed E-state index contributed by atoms with van der Waals surface area (Å²) >= 11 is 16.5. The van der Waals surface area contributed by atoms with E-state index in [-0.39, 0.29) is 21.8 Å². The molecule has 0 radical (unpaired) electrons. The molecule has 108 valence electrons. The number of carbonyl (C=O) groups excluding carboxylic acids is 1. The van der Waals surface area contributed by atoms with Gasteiger partial charge in [-0.2, -0.15) is 0 Å².